The van der Waals surface area contributed by atoms with Crippen LogP contribution < -0.4 is 10.6 Å². The molecule has 17 heavy (non-hydrogen) atoms. The van der Waals surface area contributed by atoms with Crippen LogP contribution in [0, 0.1) is 6.92 Å². The van der Waals surface area contributed by atoms with E-state index in [1.54, 1.807) is 0 Å². The summed E-state index contributed by atoms with van der Waals surface area (Å²) in [7, 11) is 2.20. The molecule has 1 aliphatic rings. The van der Waals surface area contributed by atoms with Crippen molar-refractivity contribution in [1.29, 1.82) is 0 Å². The maximum absolute atomic E-state index is 5.89. The van der Waals surface area contributed by atoms with Crippen LogP contribution in [0.1, 0.15) is 19.4 Å². The summed E-state index contributed by atoms with van der Waals surface area (Å²) in [5, 5.41) is 0. The van der Waals surface area contributed by atoms with Gasteiger partial charge in [-0.05, 0) is 45.5 Å². The van der Waals surface area contributed by atoms with Gasteiger partial charge < -0.3 is 10.6 Å². The summed E-state index contributed by atoms with van der Waals surface area (Å²) >= 11 is 0. The summed E-state index contributed by atoms with van der Waals surface area (Å²) in [6.45, 7) is 9.96. The maximum Gasteiger partial charge on any atom is 0.0417 e. The zero-order valence-electron chi connectivity index (χ0n) is 11.3. The Morgan fingerprint density at radius 2 is 1.94 bits per heavy atom. The van der Waals surface area contributed by atoms with E-state index in [1.807, 2.05) is 6.07 Å². The highest BCUT2D eigenvalue weighted by Crippen LogP contribution is 2.28. The van der Waals surface area contributed by atoms with Crippen LogP contribution >= 0.6 is 0 Å². The number of hydrogen-bond acceptors (Lipinski definition) is 3. The van der Waals surface area contributed by atoms with E-state index in [4.69, 9.17) is 5.73 Å². The lowest BCUT2D eigenvalue weighted by molar-refractivity contribution is 0.139. The van der Waals surface area contributed by atoms with Crippen molar-refractivity contribution in [3.05, 3.63) is 23.8 Å². The number of likely N-dealkylation sites (N-methyl/N-ethyl adjacent to an activating group) is 1. The highest BCUT2D eigenvalue weighted by molar-refractivity contribution is 5.61. The fourth-order valence-electron chi connectivity index (χ4n) is 2.41. The van der Waals surface area contributed by atoms with Crippen LogP contribution in [0.15, 0.2) is 18.2 Å². The summed E-state index contributed by atoms with van der Waals surface area (Å²) in [5.74, 6) is 0. The standard InChI is InChI=1S/C14H23N3/c1-11-5-6-12(15)9-13(11)17-8-7-16(4)14(2,3)10-17/h5-6,9H,7-8,10,15H2,1-4H3. The summed E-state index contributed by atoms with van der Waals surface area (Å²) in [6, 6.07) is 6.17. The number of anilines is 2. The summed E-state index contributed by atoms with van der Waals surface area (Å²) in [4.78, 5) is 4.87. The Morgan fingerprint density at radius 1 is 1.24 bits per heavy atom. The van der Waals surface area contributed by atoms with E-state index < -0.39 is 0 Å². The van der Waals surface area contributed by atoms with E-state index >= 15 is 0 Å². The van der Waals surface area contributed by atoms with Gasteiger partial charge in [0, 0.05) is 36.5 Å². The van der Waals surface area contributed by atoms with Crippen LogP contribution in [0.2, 0.25) is 0 Å². The average molecular weight is 233 g/mol. The average Bonchev–Trinajstić information content (AvgIpc) is 2.25. The zero-order valence-corrected chi connectivity index (χ0v) is 11.3. The minimum atomic E-state index is 0.218. The number of rotatable bonds is 1. The van der Waals surface area contributed by atoms with Crippen LogP contribution in [0.5, 0.6) is 0 Å². The predicted octanol–water partition coefficient (Wildman–Crippen LogP) is 2.11. The molecule has 94 valence electrons. The molecule has 0 aromatic heterocycles. The Bertz CT molecular complexity index is 412. The second-order valence-corrected chi connectivity index (χ2v) is 5.70. The molecule has 1 aliphatic heterocycles. The molecule has 3 heteroatoms. The van der Waals surface area contributed by atoms with E-state index in [0.29, 0.717) is 0 Å². The minimum Gasteiger partial charge on any atom is -0.399 e. The van der Waals surface area contributed by atoms with Gasteiger partial charge in [0.25, 0.3) is 0 Å². The van der Waals surface area contributed by atoms with Crippen LogP contribution in [-0.2, 0) is 0 Å². The smallest absolute Gasteiger partial charge is 0.0417 e. The van der Waals surface area contributed by atoms with Crippen LogP contribution in [0.25, 0.3) is 0 Å². The molecule has 0 unspecified atom stereocenters. The second kappa shape index (κ2) is 4.22. The molecule has 0 bridgehead atoms. The molecule has 2 N–H and O–H groups in total. The van der Waals surface area contributed by atoms with E-state index in [0.717, 1.165) is 25.3 Å². The van der Waals surface area contributed by atoms with Gasteiger partial charge in [-0.2, -0.15) is 0 Å². The first-order chi connectivity index (χ1) is 7.90. The zero-order chi connectivity index (χ0) is 12.6. The first-order valence-electron chi connectivity index (χ1n) is 6.22. The van der Waals surface area contributed by atoms with E-state index in [9.17, 15) is 0 Å². The van der Waals surface area contributed by atoms with Crippen molar-refractivity contribution >= 4 is 11.4 Å². The van der Waals surface area contributed by atoms with E-state index in [1.165, 1.54) is 11.3 Å². The molecule has 1 heterocycles. The van der Waals surface area contributed by atoms with Gasteiger partial charge in [-0.1, -0.05) is 6.07 Å². The molecule has 1 fully saturated rings. The molecule has 1 aromatic carbocycles. The summed E-state index contributed by atoms with van der Waals surface area (Å²) in [5.41, 5.74) is 9.55. The van der Waals surface area contributed by atoms with Gasteiger partial charge in [0.1, 0.15) is 0 Å². The lowest BCUT2D eigenvalue weighted by Gasteiger charge is -2.46. The lowest BCUT2D eigenvalue weighted by atomic mass is 9.98. The molecule has 0 amide bonds. The van der Waals surface area contributed by atoms with Crippen molar-refractivity contribution in [3.8, 4) is 0 Å². The molecular formula is C14H23N3. The number of aryl methyl sites for hydroxylation is 1. The summed E-state index contributed by atoms with van der Waals surface area (Å²) < 4.78 is 0. The Balaban J connectivity index is 2.26. The molecule has 0 atom stereocenters. The van der Waals surface area contributed by atoms with Crippen molar-refractivity contribution in [2.45, 2.75) is 26.3 Å². The van der Waals surface area contributed by atoms with Crippen LogP contribution in [0.3, 0.4) is 0 Å². The molecular weight excluding hydrogens is 210 g/mol. The fourth-order valence-corrected chi connectivity index (χ4v) is 2.41. The van der Waals surface area contributed by atoms with Gasteiger partial charge in [-0.15, -0.1) is 0 Å². The fraction of sp³-hybridized carbons (Fsp3) is 0.571. The second-order valence-electron chi connectivity index (χ2n) is 5.70. The van der Waals surface area contributed by atoms with Crippen molar-refractivity contribution < 1.29 is 0 Å². The number of nitrogens with two attached hydrogens (primary N) is 1. The topological polar surface area (TPSA) is 32.5 Å². The van der Waals surface area contributed by atoms with Crippen molar-refractivity contribution in [1.82, 2.24) is 4.90 Å². The number of hydrogen-bond donors (Lipinski definition) is 1. The summed E-state index contributed by atoms with van der Waals surface area (Å²) in [6.07, 6.45) is 0. The number of piperazine rings is 1. The van der Waals surface area contributed by atoms with Crippen LogP contribution in [-0.4, -0.2) is 37.1 Å². The quantitative estimate of drug-likeness (QED) is 0.754. The third-order valence-corrected chi connectivity index (χ3v) is 3.89. The van der Waals surface area contributed by atoms with E-state index in [2.05, 4.69) is 49.8 Å². The SMILES string of the molecule is Cc1ccc(N)cc1N1CCN(C)C(C)(C)C1. The first-order valence-corrected chi connectivity index (χ1v) is 6.22. The molecule has 1 saturated heterocycles. The molecule has 0 aliphatic carbocycles. The van der Waals surface area contributed by atoms with Gasteiger partial charge in [0.2, 0.25) is 0 Å². The number of nitrogens with zero attached hydrogens (tertiary/aromatic N) is 2. The molecule has 0 radical (unpaired) electrons. The normalized spacial score (nSPS) is 20.6. The Labute approximate surface area is 104 Å². The van der Waals surface area contributed by atoms with Crippen LogP contribution in [0.4, 0.5) is 11.4 Å². The highest BCUT2D eigenvalue weighted by atomic mass is 15.3. The van der Waals surface area contributed by atoms with Crippen molar-refractivity contribution in [2.24, 2.45) is 0 Å². The minimum absolute atomic E-state index is 0.218. The van der Waals surface area contributed by atoms with Gasteiger partial charge >= 0.3 is 0 Å². The van der Waals surface area contributed by atoms with Gasteiger partial charge in [-0.3, -0.25) is 4.90 Å². The Morgan fingerprint density at radius 3 is 2.59 bits per heavy atom. The molecule has 1 aromatic rings. The number of benzene rings is 1. The van der Waals surface area contributed by atoms with Crippen molar-refractivity contribution in [3.63, 3.8) is 0 Å². The third kappa shape index (κ3) is 2.39. The van der Waals surface area contributed by atoms with Crippen molar-refractivity contribution in [2.75, 3.05) is 37.3 Å². The number of nitrogen functional groups attached to an aromatic ring is 1. The van der Waals surface area contributed by atoms with Gasteiger partial charge in [0.05, 0.1) is 0 Å². The molecule has 3 nitrogen and oxygen atoms in total. The third-order valence-electron chi connectivity index (χ3n) is 3.89. The molecule has 0 saturated carbocycles. The van der Waals surface area contributed by atoms with Gasteiger partial charge in [0.15, 0.2) is 0 Å². The Kier molecular flexibility index (Phi) is 3.04. The largest absolute Gasteiger partial charge is 0.399 e. The first kappa shape index (κ1) is 12.2. The van der Waals surface area contributed by atoms with Gasteiger partial charge in [-0.25, -0.2) is 0 Å². The van der Waals surface area contributed by atoms with E-state index in [-0.39, 0.29) is 5.54 Å². The maximum atomic E-state index is 5.89. The monoisotopic (exact) mass is 233 g/mol. The lowest BCUT2D eigenvalue weighted by Crippen LogP contribution is -2.57. The predicted molar refractivity (Wildman–Crippen MR) is 74.5 cm³/mol. The highest BCUT2D eigenvalue weighted by Gasteiger charge is 2.31. The molecule has 0 spiro atoms. The molecule has 2 rings (SSSR count). The Hall–Kier alpha value is -1.22.